The normalized spacial score (nSPS) is 10.8. The minimum atomic E-state index is -1.11. The first-order chi connectivity index (χ1) is 10.7. The van der Waals surface area contributed by atoms with Crippen molar-refractivity contribution in [1.82, 2.24) is 0 Å². The Balaban J connectivity index is 2.24. The molecule has 0 spiro atoms. The molecule has 22 heavy (non-hydrogen) atoms. The predicted molar refractivity (Wildman–Crippen MR) is 90.1 cm³/mol. The molecular weight excluding hydrogens is 295 g/mol. The highest BCUT2D eigenvalue weighted by Crippen LogP contribution is 2.41. The largest absolute Gasteiger partial charge is 0.508 e. The van der Waals surface area contributed by atoms with Gasteiger partial charge in [-0.2, -0.15) is 0 Å². The average molecular weight is 310 g/mol. The smallest absolute Gasteiger partial charge is 0.131 e. The van der Waals surface area contributed by atoms with Crippen molar-refractivity contribution in [3.8, 4) is 17.2 Å². The van der Waals surface area contributed by atoms with Crippen LogP contribution >= 0.6 is 7.92 Å². The van der Waals surface area contributed by atoms with E-state index in [1.54, 1.807) is 0 Å². The zero-order chi connectivity index (χ0) is 15.5. The molecule has 0 aliphatic carbocycles. The Morgan fingerprint density at radius 1 is 0.591 bits per heavy atom. The van der Waals surface area contributed by atoms with Crippen LogP contribution in [0.3, 0.4) is 0 Å². The Morgan fingerprint density at radius 2 is 1.00 bits per heavy atom. The molecule has 3 aromatic carbocycles. The summed E-state index contributed by atoms with van der Waals surface area (Å²) < 4.78 is 0. The minimum absolute atomic E-state index is 0.101. The fourth-order valence-electron chi connectivity index (χ4n) is 2.38. The van der Waals surface area contributed by atoms with E-state index in [4.69, 9.17) is 0 Å². The molecular formula is C18H15O3P. The van der Waals surface area contributed by atoms with E-state index in [0.717, 1.165) is 10.6 Å². The monoisotopic (exact) mass is 310 g/mol. The molecule has 0 amide bonds. The van der Waals surface area contributed by atoms with Gasteiger partial charge in [-0.3, -0.25) is 0 Å². The summed E-state index contributed by atoms with van der Waals surface area (Å²) in [7, 11) is -1.11. The highest BCUT2D eigenvalue weighted by molar-refractivity contribution is 7.80. The zero-order valence-electron chi connectivity index (χ0n) is 11.7. The van der Waals surface area contributed by atoms with E-state index in [9.17, 15) is 15.3 Å². The van der Waals surface area contributed by atoms with Gasteiger partial charge in [0.15, 0.2) is 0 Å². The molecule has 4 heteroatoms. The minimum Gasteiger partial charge on any atom is -0.508 e. The quantitative estimate of drug-likeness (QED) is 0.652. The molecule has 0 heterocycles. The third kappa shape index (κ3) is 2.76. The number of rotatable bonds is 3. The average Bonchev–Trinajstić information content (AvgIpc) is 2.52. The van der Waals surface area contributed by atoms with Crippen molar-refractivity contribution in [2.24, 2.45) is 0 Å². The molecule has 0 aliphatic rings. The van der Waals surface area contributed by atoms with Crippen molar-refractivity contribution < 1.29 is 15.3 Å². The topological polar surface area (TPSA) is 60.7 Å². The lowest BCUT2D eigenvalue weighted by Gasteiger charge is -2.21. The van der Waals surface area contributed by atoms with Crippen molar-refractivity contribution in [3.05, 3.63) is 72.8 Å². The van der Waals surface area contributed by atoms with E-state index in [1.165, 1.54) is 12.1 Å². The summed E-state index contributed by atoms with van der Waals surface area (Å²) in [6, 6.07) is 22.0. The Kier molecular flexibility index (Phi) is 3.99. The van der Waals surface area contributed by atoms with Gasteiger partial charge in [0, 0.05) is 12.1 Å². The number of phenols is 3. The van der Waals surface area contributed by atoms with Crippen molar-refractivity contribution in [2.75, 3.05) is 0 Å². The number of aromatic hydroxyl groups is 3. The Hall–Kier alpha value is -2.51. The maximum Gasteiger partial charge on any atom is 0.131 e. The number of hydrogen-bond donors (Lipinski definition) is 3. The van der Waals surface area contributed by atoms with Gasteiger partial charge in [-0.25, -0.2) is 0 Å². The van der Waals surface area contributed by atoms with Gasteiger partial charge in [0.05, 0.1) is 5.30 Å². The summed E-state index contributed by atoms with van der Waals surface area (Å²) in [4.78, 5) is 0. The van der Waals surface area contributed by atoms with E-state index in [-0.39, 0.29) is 17.2 Å². The van der Waals surface area contributed by atoms with Crippen LogP contribution in [0.4, 0.5) is 0 Å². The first kappa shape index (κ1) is 14.4. The molecule has 0 unspecified atom stereocenters. The standard InChI is InChI=1S/C18H15O3P/c19-13-11-16(20)18(17(21)12-13)22(14-7-3-1-4-8-14)15-9-5-2-6-10-15/h1-12,19-21H. The van der Waals surface area contributed by atoms with Crippen LogP contribution < -0.4 is 15.9 Å². The second-order valence-electron chi connectivity index (χ2n) is 4.84. The number of benzene rings is 3. The van der Waals surface area contributed by atoms with Crippen molar-refractivity contribution >= 4 is 23.8 Å². The lowest BCUT2D eigenvalue weighted by molar-refractivity contribution is 0.433. The Bertz CT molecular complexity index is 710. The van der Waals surface area contributed by atoms with Gasteiger partial charge in [0.2, 0.25) is 0 Å². The van der Waals surface area contributed by atoms with E-state index >= 15 is 0 Å². The van der Waals surface area contributed by atoms with Gasteiger partial charge in [0.1, 0.15) is 17.2 Å². The third-order valence-corrected chi connectivity index (χ3v) is 5.84. The first-order valence-electron chi connectivity index (χ1n) is 6.82. The summed E-state index contributed by atoms with van der Waals surface area (Å²) in [6.07, 6.45) is 0. The number of hydrogen-bond acceptors (Lipinski definition) is 3. The molecule has 0 radical (unpaired) electrons. The first-order valence-corrected chi connectivity index (χ1v) is 8.16. The molecule has 3 aromatic rings. The molecule has 0 aliphatic heterocycles. The van der Waals surface area contributed by atoms with E-state index in [0.29, 0.717) is 5.30 Å². The van der Waals surface area contributed by atoms with Crippen LogP contribution in [0.1, 0.15) is 0 Å². The van der Waals surface area contributed by atoms with Gasteiger partial charge in [-0.1, -0.05) is 60.7 Å². The van der Waals surface area contributed by atoms with Crippen LogP contribution in [0.15, 0.2) is 72.8 Å². The molecule has 0 aromatic heterocycles. The van der Waals surface area contributed by atoms with Crippen molar-refractivity contribution in [1.29, 1.82) is 0 Å². The van der Waals surface area contributed by atoms with Gasteiger partial charge in [-0.05, 0) is 18.5 Å². The van der Waals surface area contributed by atoms with E-state index in [1.807, 2.05) is 60.7 Å². The summed E-state index contributed by atoms with van der Waals surface area (Å²) in [5, 5.41) is 32.5. The summed E-state index contributed by atoms with van der Waals surface area (Å²) in [5.74, 6) is -0.359. The molecule has 0 saturated heterocycles. The SMILES string of the molecule is Oc1cc(O)c(P(c2ccccc2)c2ccccc2)c(O)c1. The van der Waals surface area contributed by atoms with E-state index in [2.05, 4.69) is 0 Å². The zero-order valence-corrected chi connectivity index (χ0v) is 12.6. The molecule has 3 rings (SSSR count). The number of phenolic OH excluding ortho intramolecular Hbond substituents is 3. The highest BCUT2D eigenvalue weighted by Gasteiger charge is 2.23. The van der Waals surface area contributed by atoms with Crippen LogP contribution in [0.25, 0.3) is 0 Å². The van der Waals surface area contributed by atoms with Crippen LogP contribution in [0.2, 0.25) is 0 Å². The summed E-state index contributed by atoms with van der Waals surface area (Å²) in [6.45, 7) is 0. The molecule has 0 bridgehead atoms. The van der Waals surface area contributed by atoms with Gasteiger partial charge in [0.25, 0.3) is 0 Å². The lowest BCUT2D eigenvalue weighted by atomic mass is 10.3. The van der Waals surface area contributed by atoms with E-state index < -0.39 is 7.92 Å². The predicted octanol–water partition coefficient (Wildman–Crippen LogP) is 2.56. The highest BCUT2D eigenvalue weighted by atomic mass is 31.1. The van der Waals surface area contributed by atoms with Gasteiger partial charge in [-0.15, -0.1) is 0 Å². The third-order valence-electron chi connectivity index (χ3n) is 3.31. The maximum atomic E-state index is 10.3. The van der Waals surface area contributed by atoms with Crippen LogP contribution in [-0.4, -0.2) is 15.3 Å². The maximum absolute atomic E-state index is 10.3. The summed E-state index contributed by atoms with van der Waals surface area (Å²) in [5.41, 5.74) is 0. The molecule has 3 nitrogen and oxygen atoms in total. The Morgan fingerprint density at radius 3 is 1.41 bits per heavy atom. The fourth-order valence-corrected chi connectivity index (χ4v) is 4.72. The molecule has 0 fully saturated rings. The van der Waals surface area contributed by atoms with Crippen LogP contribution in [0, 0.1) is 0 Å². The second kappa shape index (κ2) is 6.08. The van der Waals surface area contributed by atoms with Crippen LogP contribution in [-0.2, 0) is 0 Å². The molecule has 3 N–H and O–H groups in total. The van der Waals surface area contributed by atoms with Crippen molar-refractivity contribution in [3.63, 3.8) is 0 Å². The second-order valence-corrected chi connectivity index (χ2v) is 6.99. The fraction of sp³-hybridized carbons (Fsp3) is 0. The lowest BCUT2D eigenvalue weighted by Crippen LogP contribution is -2.21. The molecule has 0 atom stereocenters. The molecule has 110 valence electrons. The Labute approximate surface area is 129 Å². The van der Waals surface area contributed by atoms with Gasteiger partial charge >= 0.3 is 0 Å². The molecule has 0 saturated carbocycles. The summed E-state index contributed by atoms with van der Waals surface area (Å²) >= 11 is 0. The van der Waals surface area contributed by atoms with Crippen LogP contribution in [0.5, 0.6) is 17.2 Å². The van der Waals surface area contributed by atoms with Crippen molar-refractivity contribution in [2.45, 2.75) is 0 Å². The van der Waals surface area contributed by atoms with Gasteiger partial charge < -0.3 is 15.3 Å².